The Morgan fingerprint density at radius 3 is 2.89 bits per heavy atom. The molecule has 0 aliphatic carbocycles. The van der Waals surface area contributed by atoms with Crippen molar-refractivity contribution in [1.82, 2.24) is 24.1 Å². The summed E-state index contributed by atoms with van der Waals surface area (Å²) in [5.41, 5.74) is 1.08. The largest absolute Gasteiger partial charge is 0.306 e. The van der Waals surface area contributed by atoms with Crippen LogP contribution in [0.15, 0.2) is 41.8 Å². The third kappa shape index (κ3) is 1.86. The summed E-state index contributed by atoms with van der Waals surface area (Å²) in [4.78, 5) is 20.1. The lowest BCUT2D eigenvalue weighted by Crippen LogP contribution is -2.22. The van der Waals surface area contributed by atoms with Crippen molar-refractivity contribution in [2.75, 3.05) is 0 Å². The maximum atomic E-state index is 12.1. The first-order valence-electron chi connectivity index (χ1n) is 5.23. The van der Waals surface area contributed by atoms with Gasteiger partial charge in [0.15, 0.2) is 0 Å². The fourth-order valence-corrected chi connectivity index (χ4v) is 1.78. The second kappa shape index (κ2) is 4.23. The van der Waals surface area contributed by atoms with Gasteiger partial charge in [0.25, 0.3) is 5.56 Å². The average molecular weight is 262 g/mol. The maximum Gasteiger partial charge on any atom is 0.276 e. The molecule has 3 aromatic heterocycles. The van der Waals surface area contributed by atoms with Gasteiger partial charge in [0.05, 0.1) is 30.8 Å². The van der Waals surface area contributed by atoms with E-state index in [2.05, 4.69) is 15.1 Å². The molecule has 7 heteroatoms. The summed E-state index contributed by atoms with van der Waals surface area (Å²) in [5, 5.41) is 4.33. The van der Waals surface area contributed by atoms with Crippen LogP contribution in [0.2, 0.25) is 5.15 Å². The Bertz CT molecular complexity index is 746. The van der Waals surface area contributed by atoms with E-state index in [0.717, 1.165) is 0 Å². The van der Waals surface area contributed by atoms with Crippen LogP contribution in [0.3, 0.4) is 0 Å². The van der Waals surface area contributed by atoms with Gasteiger partial charge in [0.2, 0.25) is 0 Å². The van der Waals surface area contributed by atoms with E-state index in [1.807, 2.05) is 0 Å². The van der Waals surface area contributed by atoms with E-state index in [0.29, 0.717) is 22.9 Å². The lowest BCUT2D eigenvalue weighted by Gasteiger charge is -2.05. The zero-order valence-electron chi connectivity index (χ0n) is 9.19. The minimum absolute atomic E-state index is 0.119. The Labute approximate surface area is 106 Å². The highest BCUT2D eigenvalue weighted by atomic mass is 35.5. The quantitative estimate of drug-likeness (QED) is 0.690. The fraction of sp³-hybridized carbons (Fsp3) is 0.0909. The van der Waals surface area contributed by atoms with Gasteiger partial charge in [-0.2, -0.15) is 5.10 Å². The zero-order valence-corrected chi connectivity index (χ0v) is 9.95. The van der Waals surface area contributed by atoms with Crippen molar-refractivity contribution >= 4 is 17.1 Å². The second-order valence-electron chi connectivity index (χ2n) is 3.72. The first-order valence-corrected chi connectivity index (χ1v) is 5.61. The van der Waals surface area contributed by atoms with Crippen molar-refractivity contribution in [1.29, 1.82) is 0 Å². The van der Waals surface area contributed by atoms with Crippen LogP contribution in [0, 0.1) is 0 Å². The molecule has 0 atom stereocenters. The average Bonchev–Trinajstić information content (AvgIpc) is 2.84. The van der Waals surface area contributed by atoms with Crippen molar-refractivity contribution in [2.45, 2.75) is 6.54 Å². The van der Waals surface area contributed by atoms with Crippen molar-refractivity contribution < 1.29 is 0 Å². The number of halogens is 1. The molecule has 3 rings (SSSR count). The molecule has 3 heterocycles. The van der Waals surface area contributed by atoms with Gasteiger partial charge in [-0.15, -0.1) is 0 Å². The molecule has 6 nitrogen and oxygen atoms in total. The molecule has 0 saturated heterocycles. The molecule has 0 N–H and O–H groups in total. The smallest absolute Gasteiger partial charge is 0.276 e. The molecule has 90 valence electrons. The first kappa shape index (κ1) is 10.9. The molecule has 0 radical (unpaired) electrons. The van der Waals surface area contributed by atoms with E-state index in [-0.39, 0.29) is 5.56 Å². The van der Waals surface area contributed by atoms with Gasteiger partial charge < -0.3 is 4.57 Å². The van der Waals surface area contributed by atoms with Crippen LogP contribution >= 0.6 is 11.6 Å². The van der Waals surface area contributed by atoms with Crippen LogP contribution in [0.4, 0.5) is 0 Å². The van der Waals surface area contributed by atoms with E-state index < -0.39 is 0 Å². The topological polar surface area (TPSA) is 65.1 Å². The van der Waals surface area contributed by atoms with E-state index in [1.165, 1.54) is 10.7 Å². The third-order valence-electron chi connectivity index (χ3n) is 2.54. The monoisotopic (exact) mass is 261 g/mol. The highest BCUT2D eigenvalue weighted by molar-refractivity contribution is 6.29. The lowest BCUT2D eigenvalue weighted by atomic mass is 10.4. The first-order chi connectivity index (χ1) is 8.74. The van der Waals surface area contributed by atoms with Crippen LogP contribution in [-0.2, 0) is 6.54 Å². The van der Waals surface area contributed by atoms with Gasteiger partial charge in [-0.1, -0.05) is 11.6 Å². The van der Waals surface area contributed by atoms with Crippen molar-refractivity contribution in [3.8, 4) is 0 Å². The van der Waals surface area contributed by atoms with Crippen LogP contribution in [-0.4, -0.2) is 24.1 Å². The number of fused-ring (bicyclic) bond motifs is 1. The van der Waals surface area contributed by atoms with Crippen molar-refractivity contribution in [2.24, 2.45) is 0 Å². The van der Waals surface area contributed by atoms with Gasteiger partial charge in [-0.3, -0.25) is 9.78 Å². The fourth-order valence-electron chi connectivity index (χ4n) is 1.68. The van der Waals surface area contributed by atoms with Crippen LogP contribution in [0.25, 0.3) is 5.52 Å². The molecular weight excluding hydrogens is 254 g/mol. The Morgan fingerprint density at radius 1 is 1.22 bits per heavy atom. The Balaban J connectivity index is 2.02. The van der Waals surface area contributed by atoms with Crippen molar-refractivity contribution in [3.63, 3.8) is 0 Å². The van der Waals surface area contributed by atoms with Gasteiger partial charge in [-0.25, -0.2) is 9.50 Å². The molecule has 18 heavy (non-hydrogen) atoms. The summed E-state index contributed by atoms with van der Waals surface area (Å²) in [6.07, 6.45) is 7.98. The van der Waals surface area contributed by atoms with E-state index in [4.69, 9.17) is 11.6 Å². The number of hydrogen-bond acceptors (Lipinski definition) is 4. The molecule has 0 fully saturated rings. The normalized spacial score (nSPS) is 10.9. The maximum absolute atomic E-state index is 12.1. The standard InChI is InChI=1S/C11H8ClN5O/c12-10-6-13-8(5-14-10)7-16-3-4-17-9(11(16)18)1-2-15-17/h1-6H,7H2. The molecule has 3 aromatic rings. The second-order valence-corrected chi connectivity index (χ2v) is 4.11. The van der Waals surface area contributed by atoms with Crippen molar-refractivity contribution in [3.05, 3.63) is 58.3 Å². The highest BCUT2D eigenvalue weighted by Gasteiger charge is 2.04. The predicted octanol–water partition coefficient (Wildman–Crippen LogP) is 0.988. The molecule has 0 aromatic carbocycles. The molecule has 0 bridgehead atoms. The Hall–Kier alpha value is -2.21. The minimum Gasteiger partial charge on any atom is -0.306 e. The molecule has 0 saturated carbocycles. The Kier molecular flexibility index (Phi) is 2.56. The highest BCUT2D eigenvalue weighted by Crippen LogP contribution is 2.03. The van der Waals surface area contributed by atoms with E-state index in [1.54, 1.807) is 35.4 Å². The summed E-state index contributed by atoms with van der Waals surface area (Å²) < 4.78 is 3.08. The SMILES string of the molecule is O=c1c2ccnn2ccn1Cc1cnc(Cl)cn1. The minimum atomic E-state index is -0.119. The summed E-state index contributed by atoms with van der Waals surface area (Å²) >= 11 is 5.66. The zero-order chi connectivity index (χ0) is 12.5. The molecular formula is C11H8ClN5O. The summed E-state index contributed by atoms with van der Waals surface area (Å²) in [7, 11) is 0. The predicted molar refractivity (Wildman–Crippen MR) is 65.6 cm³/mol. The number of hydrogen-bond donors (Lipinski definition) is 0. The van der Waals surface area contributed by atoms with E-state index in [9.17, 15) is 4.79 Å². The number of aromatic nitrogens is 5. The number of rotatable bonds is 2. The molecule has 0 amide bonds. The van der Waals surface area contributed by atoms with Crippen LogP contribution in [0.1, 0.15) is 5.69 Å². The Morgan fingerprint density at radius 2 is 2.11 bits per heavy atom. The molecule has 0 aliphatic heterocycles. The van der Waals surface area contributed by atoms with Gasteiger partial charge >= 0.3 is 0 Å². The number of nitrogens with zero attached hydrogens (tertiary/aromatic N) is 5. The lowest BCUT2D eigenvalue weighted by molar-refractivity contribution is 0.722. The van der Waals surface area contributed by atoms with Gasteiger partial charge in [0, 0.05) is 12.4 Å². The van der Waals surface area contributed by atoms with Crippen LogP contribution in [0.5, 0.6) is 0 Å². The molecule has 0 aliphatic rings. The molecule has 0 spiro atoms. The van der Waals surface area contributed by atoms with Gasteiger partial charge in [0.1, 0.15) is 10.7 Å². The molecule has 0 unspecified atom stereocenters. The summed E-state index contributed by atoms with van der Waals surface area (Å²) in [5.74, 6) is 0. The van der Waals surface area contributed by atoms with Gasteiger partial charge in [-0.05, 0) is 6.07 Å². The summed E-state index contributed by atoms with van der Waals surface area (Å²) in [6.45, 7) is 0.352. The van der Waals surface area contributed by atoms with E-state index >= 15 is 0 Å². The van der Waals surface area contributed by atoms with Crippen LogP contribution < -0.4 is 5.56 Å². The third-order valence-corrected chi connectivity index (χ3v) is 2.74. The summed E-state index contributed by atoms with van der Waals surface area (Å²) in [6, 6.07) is 1.67.